The Kier molecular flexibility index (Phi) is 11.7. The number of unbranched alkanes of at least 4 members (excludes halogenated alkanes) is 4. The molecule has 0 aromatic heterocycles. The first-order valence-corrected chi connectivity index (χ1v) is 11.7. The number of rotatable bonds is 10. The Morgan fingerprint density at radius 2 is 1.29 bits per heavy atom. The van der Waals surface area contributed by atoms with Gasteiger partial charge < -0.3 is 28.3 Å². The summed E-state index contributed by atoms with van der Waals surface area (Å²) in [6.07, 6.45) is 5.60. The minimum Gasteiger partial charge on any atom is -0.387 e. The second-order valence-electron chi connectivity index (χ2n) is 7.44. The van der Waals surface area contributed by atoms with E-state index in [1.54, 1.807) is 48.5 Å². The third-order valence-corrected chi connectivity index (χ3v) is 5.05. The van der Waals surface area contributed by atoms with Crippen molar-refractivity contribution in [2.24, 2.45) is 42.9 Å². The van der Waals surface area contributed by atoms with Crippen LogP contribution in [-0.4, -0.2) is 30.3 Å². The van der Waals surface area contributed by atoms with Crippen molar-refractivity contribution >= 4 is 58.3 Å². The van der Waals surface area contributed by atoms with Crippen LogP contribution in [0.1, 0.15) is 38.5 Å². The maximum Gasteiger partial charge on any atom is 0.222 e. The van der Waals surface area contributed by atoms with Crippen LogP contribution in [-0.2, 0) is 0 Å². The van der Waals surface area contributed by atoms with E-state index < -0.39 is 0 Å². The number of halogens is 2. The highest BCUT2D eigenvalue weighted by Gasteiger charge is 1.99. The lowest BCUT2D eigenvalue weighted by molar-refractivity contribution is 0.627. The molecule has 9 N–H and O–H groups in total. The molecule has 0 fully saturated rings. The van der Waals surface area contributed by atoms with Gasteiger partial charge in [-0.1, -0.05) is 42.5 Å². The number of benzene rings is 2. The summed E-state index contributed by atoms with van der Waals surface area (Å²) < 4.78 is 0. The van der Waals surface area contributed by atoms with Gasteiger partial charge in [-0.05, 0) is 61.4 Å². The molecular formula is C23H31Cl2N9. The first-order valence-electron chi connectivity index (χ1n) is 10.9. The molecule has 0 radical (unpaired) electrons. The van der Waals surface area contributed by atoms with Crippen molar-refractivity contribution in [2.45, 2.75) is 38.5 Å². The fraction of sp³-hybridized carbons (Fsp3) is 0.304. The van der Waals surface area contributed by atoms with Crippen LogP contribution in [0.5, 0.6) is 0 Å². The molecule has 0 saturated carbocycles. The average Bonchev–Trinajstić information content (AvgIpc) is 2.78. The van der Waals surface area contributed by atoms with Crippen molar-refractivity contribution in [3.63, 3.8) is 0 Å². The fourth-order valence-corrected chi connectivity index (χ4v) is 3.14. The number of nitrogens with one attached hydrogen (secondary N) is 1. The number of hydrogen-bond acceptors (Lipinski definition) is 2. The molecule has 0 aliphatic carbocycles. The van der Waals surface area contributed by atoms with Crippen LogP contribution in [0.15, 0.2) is 68.5 Å². The predicted molar refractivity (Wildman–Crippen MR) is 145 cm³/mol. The van der Waals surface area contributed by atoms with Gasteiger partial charge in [0.1, 0.15) is 5.84 Å². The number of aliphatic imine (C=N–C) groups is 4. The smallest absolute Gasteiger partial charge is 0.222 e. The van der Waals surface area contributed by atoms with Gasteiger partial charge >= 0.3 is 0 Å². The number of nitrogens with zero attached hydrogens (tertiary/aromatic N) is 4. The van der Waals surface area contributed by atoms with Crippen LogP contribution in [0.2, 0.25) is 10.0 Å². The van der Waals surface area contributed by atoms with Gasteiger partial charge in [0.15, 0.2) is 0 Å². The van der Waals surface area contributed by atoms with Gasteiger partial charge in [0.2, 0.25) is 17.9 Å². The minimum atomic E-state index is 0.127. The molecule has 0 aliphatic heterocycles. The molecule has 0 saturated heterocycles. The molecule has 2 aromatic rings. The maximum atomic E-state index is 5.95. The van der Waals surface area contributed by atoms with Crippen LogP contribution in [0.3, 0.4) is 0 Å². The summed E-state index contributed by atoms with van der Waals surface area (Å²) in [5, 5.41) is 4.21. The SMILES string of the molecule is NC(=Nc1ccc(Cl)cc1)/N=C(\N)CCCCCCCN=C(N)/N=C(\N)Nc1ccc(Cl)cc1. The first kappa shape index (κ1) is 26.9. The van der Waals surface area contributed by atoms with Gasteiger partial charge in [-0.25, -0.2) is 9.98 Å². The van der Waals surface area contributed by atoms with Crippen molar-refractivity contribution in [1.29, 1.82) is 0 Å². The number of guanidine groups is 3. The summed E-state index contributed by atoms with van der Waals surface area (Å²) in [6, 6.07) is 14.1. The third-order valence-electron chi connectivity index (χ3n) is 4.54. The van der Waals surface area contributed by atoms with Crippen molar-refractivity contribution in [1.82, 2.24) is 0 Å². The number of nitrogens with two attached hydrogens (primary N) is 4. The zero-order valence-corrected chi connectivity index (χ0v) is 20.4. The van der Waals surface area contributed by atoms with Gasteiger partial charge in [-0.2, -0.15) is 4.99 Å². The molecule has 0 amide bonds. The quantitative estimate of drug-likeness (QED) is 0.184. The molecule has 0 heterocycles. The molecule has 2 rings (SSSR count). The molecule has 9 nitrogen and oxygen atoms in total. The molecule has 34 heavy (non-hydrogen) atoms. The summed E-state index contributed by atoms with van der Waals surface area (Å²) in [7, 11) is 0. The molecule has 0 atom stereocenters. The lowest BCUT2D eigenvalue weighted by Gasteiger charge is -2.05. The molecule has 2 aromatic carbocycles. The van der Waals surface area contributed by atoms with E-state index >= 15 is 0 Å². The van der Waals surface area contributed by atoms with Gasteiger partial charge in [-0.3, -0.25) is 4.99 Å². The molecule has 11 heteroatoms. The van der Waals surface area contributed by atoms with Crippen molar-refractivity contribution in [3.8, 4) is 0 Å². The fourth-order valence-electron chi connectivity index (χ4n) is 2.89. The second-order valence-corrected chi connectivity index (χ2v) is 8.31. The van der Waals surface area contributed by atoms with Crippen LogP contribution in [0, 0.1) is 0 Å². The Hall–Kier alpha value is -3.30. The normalized spacial score (nSPS) is 13.2. The maximum absolute atomic E-state index is 5.95. The van der Waals surface area contributed by atoms with E-state index in [4.69, 9.17) is 46.1 Å². The van der Waals surface area contributed by atoms with E-state index in [0.717, 1.165) is 37.8 Å². The van der Waals surface area contributed by atoms with E-state index in [-0.39, 0.29) is 17.9 Å². The van der Waals surface area contributed by atoms with Gasteiger partial charge in [0.25, 0.3) is 0 Å². The highest BCUT2D eigenvalue weighted by molar-refractivity contribution is 6.30. The van der Waals surface area contributed by atoms with E-state index in [9.17, 15) is 0 Å². The topological polar surface area (TPSA) is 166 Å². The van der Waals surface area contributed by atoms with Gasteiger partial charge in [-0.15, -0.1) is 0 Å². The van der Waals surface area contributed by atoms with Crippen LogP contribution in [0.4, 0.5) is 11.4 Å². The Balaban J connectivity index is 1.59. The Labute approximate surface area is 210 Å². The number of hydrogen-bond donors (Lipinski definition) is 5. The molecule has 0 bridgehead atoms. The van der Waals surface area contributed by atoms with Crippen LogP contribution < -0.4 is 28.3 Å². The van der Waals surface area contributed by atoms with Crippen LogP contribution in [0.25, 0.3) is 0 Å². The van der Waals surface area contributed by atoms with Crippen molar-refractivity contribution in [2.75, 3.05) is 11.9 Å². The summed E-state index contributed by atoms with van der Waals surface area (Å²) in [6.45, 7) is 0.588. The zero-order chi connectivity index (χ0) is 24.8. The lowest BCUT2D eigenvalue weighted by Crippen LogP contribution is -2.26. The van der Waals surface area contributed by atoms with E-state index in [0.29, 0.717) is 34.5 Å². The first-order chi connectivity index (χ1) is 16.3. The van der Waals surface area contributed by atoms with Crippen LogP contribution >= 0.6 is 23.2 Å². The third kappa shape index (κ3) is 11.5. The summed E-state index contributed by atoms with van der Waals surface area (Å²) in [5.74, 6) is 0.902. The molecular weight excluding hydrogens is 473 g/mol. The Bertz CT molecular complexity index is 1010. The average molecular weight is 504 g/mol. The Morgan fingerprint density at radius 1 is 0.706 bits per heavy atom. The minimum absolute atomic E-state index is 0.127. The van der Waals surface area contributed by atoms with E-state index in [2.05, 4.69) is 25.3 Å². The van der Waals surface area contributed by atoms with E-state index in [1.165, 1.54) is 0 Å². The molecule has 0 spiro atoms. The number of amidine groups is 1. The highest BCUT2D eigenvalue weighted by Crippen LogP contribution is 2.16. The van der Waals surface area contributed by atoms with Crippen molar-refractivity contribution < 1.29 is 0 Å². The van der Waals surface area contributed by atoms with Gasteiger partial charge in [0.05, 0.1) is 5.69 Å². The zero-order valence-electron chi connectivity index (χ0n) is 18.9. The standard InChI is InChI=1S/C23H31Cl2N9/c24-16-7-11-18(12-8-16)31-22(28)33-20(26)6-4-2-1-3-5-15-30-21(27)34-23(29)32-19-13-9-17(25)10-14-19/h7-14H,1-6,15H2,(H4,26,28,31,33)(H5,27,29,30,32,34). The molecule has 0 aliphatic rings. The summed E-state index contributed by atoms with van der Waals surface area (Å²) >= 11 is 11.7. The van der Waals surface area contributed by atoms with Crippen molar-refractivity contribution in [3.05, 3.63) is 58.6 Å². The molecule has 182 valence electrons. The monoisotopic (exact) mass is 503 g/mol. The Morgan fingerprint density at radius 3 is 1.97 bits per heavy atom. The second kappa shape index (κ2) is 14.8. The van der Waals surface area contributed by atoms with E-state index in [1.807, 2.05) is 0 Å². The predicted octanol–water partition coefficient (Wildman–Crippen LogP) is 4.38. The molecule has 0 unspecified atom stereocenters. The lowest BCUT2D eigenvalue weighted by atomic mass is 10.1. The number of anilines is 1. The highest BCUT2D eigenvalue weighted by atomic mass is 35.5. The van der Waals surface area contributed by atoms with Gasteiger partial charge in [0, 0.05) is 28.7 Å². The largest absolute Gasteiger partial charge is 0.387 e. The summed E-state index contributed by atoms with van der Waals surface area (Å²) in [5.41, 5.74) is 24.9. The summed E-state index contributed by atoms with van der Waals surface area (Å²) in [4.78, 5) is 16.6.